The molecular weight excluding hydrogens is 486 g/mol. The summed E-state index contributed by atoms with van der Waals surface area (Å²) in [5.74, 6) is 1.44. The molecule has 1 atom stereocenters. The Balaban J connectivity index is 0.00000300. The van der Waals surface area contributed by atoms with Crippen molar-refractivity contribution in [2.75, 3.05) is 20.1 Å². The zero-order valence-electron chi connectivity index (χ0n) is 16.5. The van der Waals surface area contributed by atoms with Crippen molar-refractivity contribution in [3.63, 3.8) is 0 Å². The Morgan fingerprint density at radius 1 is 1.17 bits per heavy atom. The molecule has 0 saturated heterocycles. The Morgan fingerprint density at radius 2 is 1.97 bits per heavy atom. The van der Waals surface area contributed by atoms with E-state index in [2.05, 4.69) is 25.8 Å². The standard InChI is InChI=1S/C20H25FN6O.HI/c1-3-15(28-17-9-5-4-8-16(17)21)14-24-20(22-2)23-12-11-19-26-25-18-10-6-7-13-27(18)19;/h4-10,13,15H,3,11-12,14H2,1-2H3,(H2,22,23,24);1H. The SMILES string of the molecule is CCC(CNC(=NC)NCCc1nnc2ccccn12)Oc1ccccc1F.I. The smallest absolute Gasteiger partial charge is 0.191 e. The predicted molar refractivity (Wildman–Crippen MR) is 123 cm³/mol. The minimum Gasteiger partial charge on any atom is -0.486 e. The maximum absolute atomic E-state index is 13.8. The molecule has 0 aliphatic rings. The summed E-state index contributed by atoms with van der Waals surface area (Å²) < 4.78 is 21.5. The average Bonchev–Trinajstić information content (AvgIpc) is 3.14. The van der Waals surface area contributed by atoms with Crippen LogP contribution in [0.3, 0.4) is 0 Å². The molecule has 1 unspecified atom stereocenters. The second kappa shape index (κ2) is 11.5. The Labute approximate surface area is 186 Å². The summed E-state index contributed by atoms with van der Waals surface area (Å²) in [6.07, 6.45) is 3.22. The van der Waals surface area contributed by atoms with Crippen molar-refractivity contribution in [3.8, 4) is 5.75 Å². The summed E-state index contributed by atoms with van der Waals surface area (Å²) >= 11 is 0. The lowest BCUT2D eigenvalue weighted by atomic mass is 10.2. The van der Waals surface area contributed by atoms with E-state index in [1.165, 1.54) is 6.07 Å². The fraction of sp³-hybridized carbons (Fsp3) is 0.350. The number of ether oxygens (including phenoxy) is 1. The number of rotatable bonds is 8. The Kier molecular flexibility index (Phi) is 9.10. The molecule has 2 N–H and O–H groups in total. The van der Waals surface area contributed by atoms with Gasteiger partial charge < -0.3 is 15.4 Å². The van der Waals surface area contributed by atoms with Crippen LogP contribution in [0.2, 0.25) is 0 Å². The minimum atomic E-state index is -0.357. The van der Waals surface area contributed by atoms with Crippen LogP contribution >= 0.6 is 24.0 Å². The van der Waals surface area contributed by atoms with Gasteiger partial charge in [0, 0.05) is 26.2 Å². The number of nitrogens with zero attached hydrogens (tertiary/aromatic N) is 4. The van der Waals surface area contributed by atoms with Gasteiger partial charge in [-0.1, -0.05) is 25.1 Å². The van der Waals surface area contributed by atoms with Crippen LogP contribution in [-0.4, -0.2) is 46.8 Å². The van der Waals surface area contributed by atoms with E-state index in [9.17, 15) is 4.39 Å². The third-order valence-electron chi connectivity index (χ3n) is 4.33. The van der Waals surface area contributed by atoms with E-state index in [1.54, 1.807) is 25.2 Å². The lowest BCUT2D eigenvalue weighted by molar-refractivity contribution is 0.191. The van der Waals surface area contributed by atoms with Crippen molar-refractivity contribution in [1.29, 1.82) is 0 Å². The van der Waals surface area contributed by atoms with Crippen molar-refractivity contribution in [3.05, 3.63) is 60.3 Å². The first-order chi connectivity index (χ1) is 13.7. The fourth-order valence-electron chi connectivity index (χ4n) is 2.77. The normalized spacial score (nSPS) is 12.3. The van der Waals surface area contributed by atoms with Gasteiger partial charge in [0.15, 0.2) is 23.2 Å². The lowest BCUT2D eigenvalue weighted by Gasteiger charge is -2.20. The molecule has 0 radical (unpaired) electrons. The molecule has 0 spiro atoms. The zero-order valence-corrected chi connectivity index (χ0v) is 18.8. The Hall–Kier alpha value is -2.43. The highest BCUT2D eigenvalue weighted by Gasteiger charge is 2.12. The summed E-state index contributed by atoms with van der Waals surface area (Å²) in [4.78, 5) is 4.22. The molecule has 2 heterocycles. The quantitative estimate of drug-likeness (QED) is 0.276. The van der Waals surface area contributed by atoms with Gasteiger partial charge >= 0.3 is 0 Å². The molecule has 3 aromatic rings. The number of pyridine rings is 1. The monoisotopic (exact) mass is 512 g/mol. The Morgan fingerprint density at radius 3 is 2.72 bits per heavy atom. The second-order valence-corrected chi connectivity index (χ2v) is 6.25. The van der Waals surface area contributed by atoms with Gasteiger partial charge in [-0.3, -0.25) is 9.39 Å². The third kappa shape index (κ3) is 6.28. The molecule has 0 fully saturated rings. The predicted octanol–water partition coefficient (Wildman–Crippen LogP) is 3.05. The second-order valence-electron chi connectivity index (χ2n) is 6.25. The van der Waals surface area contributed by atoms with Gasteiger partial charge in [0.25, 0.3) is 0 Å². The van der Waals surface area contributed by atoms with E-state index in [1.807, 2.05) is 35.7 Å². The van der Waals surface area contributed by atoms with Crippen LogP contribution in [0.4, 0.5) is 4.39 Å². The van der Waals surface area contributed by atoms with Crippen LogP contribution in [0.15, 0.2) is 53.7 Å². The number of hydrogen-bond donors (Lipinski definition) is 2. The van der Waals surface area contributed by atoms with Crippen LogP contribution in [-0.2, 0) is 6.42 Å². The number of guanidine groups is 1. The van der Waals surface area contributed by atoms with Crippen LogP contribution < -0.4 is 15.4 Å². The van der Waals surface area contributed by atoms with Crippen molar-refractivity contribution >= 4 is 35.6 Å². The number of aromatic nitrogens is 3. The molecule has 7 nitrogen and oxygen atoms in total. The first-order valence-corrected chi connectivity index (χ1v) is 9.35. The third-order valence-corrected chi connectivity index (χ3v) is 4.33. The minimum absolute atomic E-state index is 0. The van der Waals surface area contributed by atoms with Crippen molar-refractivity contribution in [1.82, 2.24) is 25.2 Å². The number of para-hydroxylation sites is 1. The first-order valence-electron chi connectivity index (χ1n) is 9.35. The molecule has 0 amide bonds. The van der Waals surface area contributed by atoms with Crippen LogP contribution in [0.5, 0.6) is 5.75 Å². The summed E-state index contributed by atoms with van der Waals surface area (Å²) in [6.45, 7) is 3.17. The topological polar surface area (TPSA) is 75.8 Å². The molecule has 29 heavy (non-hydrogen) atoms. The highest BCUT2D eigenvalue weighted by atomic mass is 127. The van der Waals surface area contributed by atoms with Gasteiger partial charge in [0.2, 0.25) is 0 Å². The maximum atomic E-state index is 13.8. The van der Waals surface area contributed by atoms with Crippen molar-refractivity contribution in [2.24, 2.45) is 4.99 Å². The van der Waals surface area contributed by atoms with Crippen molar-refractivity contribution < 1.29 is 9.13 Å². The number of hydrogen-bond acceptors (Lipinski definition) is 4. The summed E-state index contributed by atoms with van der Waals surface area (Å²) in [5, 5.41) is 14.8. The van der Waals surface area contributed by atoms with Crippen molar-refractivity contribution in [2.45, 2.75) is 25.9 Å². The molecule has 3 rings (SSSR count). The molecule has 0 aliphatic heterocycles. The molecule has 156 valence electrons. The molecule has 0 aliphatic carbocycles. The number of benzene rings is 1. The zero-order chi connectivity index (χ0) is 19.8. The van der Waals surface area contributed by atoms with Gasteiger partial charge in [0.05, 0.1) is 6.54 Å². The van der Waals surface area contributed by atoms with Gasteiger partial charge in [-0.05, 0) is 30.7 Å². The summed E-state index contributed by atoms with van der Waals surface area (Å²) in [5.41, 5.74) is 0.830. The molecular formula is C20H26FIN6O. The molecule has 9 heteroatoms. The van der Waals surface area contributed by atoms with Gasteiger partial charge in [-0.15, -0.1) is 34.2 Å². The molecule has 1 aromatic carbocycles. The first kappa shape index (κ1) is 22.9. The Bertz CT molecular complexity index is 932. The largest absolute Gasteiger partial charge is 0.486 e. The molecule has 2 aromatic heterocycles. The van der Waals surface area contributed by atoms with E-state index in [4.69, 9.17) is 4.74 Å². The van der Waals surface area contributed by atoms with E-state index in [0.29, 0.717) is 25.5 Å². The van der Waals surface area contributed by atoms with E-state index in [-0.39, 0.29) is 41.6 Å². The van der Waals surface area contributed by atoms with Gasteiger partial charge in [-0.2, -0.15) is 0 Å². The highest BCUT2D eigenvalue weighted by molar-refractivity contribution is 14.0. The van der Waals surface area contributed by atoms with E-state index in [0.717, 1.165) is 17.9 Å². The summed E-state index contributed by atoms with van der Waals surface area (Å²) in [7, 11) is 1.71. The van der Waals surface area contributed by atoms with Crippen LogP contribution in [0, 0.1) is 5.82 Å². The van der Waals surface area contributed by atoms with Crippen LogP contribution in [0.1, 0.15) is 19.2 Å². The molecule has 0 saturated carbocycles. The number of halogens is 2. The molecule has 0 bridgehead atoms. The van der Waals surface area contributed by atoms with Crippen LogP contribution in [0.25, 0.3) is 5.65 Å². The van der Waals surface area contributed by atoms with E-state index >= 15 is 0 Å². The van der Waals surface area contributed by atoms with Gasteiger partial charge in [-0.25, -0.2) is 4.39 Å². The number of fused-ring (bicyclic) bond motifs is 1. The number of nitrogens with one attached hydrogen (secondary N) is 2. The maximum Gasteiger partial charge on any atom is 0.191 e. The summed E-state index contributed by atoms with van der Waals surface area (Å²) in [6, 6.07) is 12.2. The van der Waals surface area contributed by atoms with E-state index < -0.39 is 0 Å². The van der Waals surface area contributed by atoms with Gasteiger partial charge in [0.1, 0.15) is 11.9 Å². The lowest BCUT2D eigenvalue weighted by Crippen LogP contribution is -2.43. The average molecular weight is 512 g/mol. The highest BCUT2D eigenvalue weighted by Crippen LogP contribution is 2.17. The number of aliphatic imine (C=N–C) groups is 1. The fourth-order valence-corrected chi connectivity index (χ4v) is 2.77.